The molecule has 5 nitrogen and oxygen atoms in total. The molecule has 0 aliphatic rings. The number of nitrogens with zero attached hydrogens (tertiary/aromatic N) is 3. The van der Waals surface area contributed by atoms with Gasteiger partial charge in [-0.15, -0.1) is 0 Å². The Balaban J connectivity index is 2.03. The van der Waals surface area contributed by atoms with Gasteiger partial charge in [0.05, 0.1) is 11.8 Å². The van der Waals surface area contributed by atoms with Crippen molar-refractivity contribution in [3.8, 4) is 28.6 Å². The molecule has 3 rings (SSSR count). The first-order chi connectivity index (χ1) is 8.84. The first-order valence-corrected chi connectivity index (χ1v) is 5.37. The number of hydrogen-bond acceptors (Lipinski definition) is 5. The van der Waals surface area contributed by atoms with Crippen molar-refractivity contribution in [3.63, 3.8) is 0 Å². The van der Waals surface area contributed by atoms with Gasteiger partial charge >= 0.3 is 0 Å². The van der Waals surface area contributed by atoms with Gasteiger partial charge in [0.1, 0.15) is 5.75 Å². The van der Waals surface area contributed by atoms with Crippen LogP contribution in [0.3, 0.4) is 0 Å². The summed E-state index contributed by atoms with van der Waals surface area (Å²) in [6.45, 7) is 0. The fourth-order valence-corrected chi connectivity index (χ4v) is 1.60. The predicted molar refractivity (Wildman–Crippen MR) is 64.6 cm³/mol. The molecule has 0 atom stereocenters. The van der Waals surface area contributed by atoms with Crippen LogP contribution in [0, 0.1) is 0 Å². The molecule has 18 heavy (non-hydrogen) atoms. The van der Waals surface area contributed by atoms with Crippen molar-refractivity contribution in [2.24, 2.45) is 0 Å². The number of hydrogen-bond donors (Lipinski definition) is 1. The van der Waals surface area contributed by atoms with Crippen molar-refractivity contribution in [1.29, 1.82) is 0 Å². The van der Waals surface area contributed by atoms with Gasteiger partial charge in [0.15, 0.2) is 0 Å². The molecule has 0 fully saturated rings. The van der Waals surface area contributed by atoms with Gasteiger partial charge in [-0.2, -0.15) is 4.98 Å². The Bertz CT molecular complexity index is 665. The lowest BCUT2D eigenvalue weighted by atomic mass is 10.2. The molecule has 0 saturated heterocycles. The average Bonchev–Trinajstić information content (AvgIpc) is 2.90. The molecule has 0 unspecified atom stereocenters. The molecule has 1 aromatic carbocycles. The van der Waals surface area contributed by atoms with E-state index in [4.69, 9.17) is 4.52 Å². The van der Waals surface area contributed by atoms with Crippen LogP contribution in [0.2, 0.25) is 0 Å². The maximum atomic E-state index is 9.65. The Hall–Kier alpha value is -2.69. The van der Waals surface area contributed by atoms with Crippen molar-refractivity contribution >= 4 is 0 Å². The Kier molecular flexibility index (Phi) is 2.49. The van der Waals surface area contributed by atoms with E-state index in [1.54, 1.807) is 12.3 Å². The van der Waals surface area contributed by atoms with Crippen LogP contribution in [0.1, 0.15) is 0 Å². The van der Waals surface area contributed by atoms with Crippen LogP contribution in [-0.2, 0) is 0 Å². The Morgan fingerprint density at radius 3 is 2.67 bits per heavy atom. The second-order valence-corrected chi connectivity index (χ2v) is 3.68. The molecule has 2 heterocycles. The molecule has 0 radical (unpaired) electrons. The van der Waals surface area contributed by atoms with Crippen LogP contribution in [0.4, 0.5) is 0 Å². The lowest BCUT2D eigenvalue weighted by Gasteiger charge is -1.96. The zero-order valence-electron chi connectivity index (χ0n) is 9.32. The number of pyridine rings is 1. The molecule has 88 valence electrons. The Morgan fingerprint density at radius 1 is 1.06 bits per heavy atom. The molecular formula is C13H9N3O2. The topological polar surface area (TPSA) is 72.0 Å². The molecular weight excluding hydrogens is 230 g/mol. The summed E-state index contributed by atoms with van der Waals surface area (Å²) in [7, 11) is 0. The fourth-order valence-electron chi connectivity index (χ4n) is 1.60. The largest absolute Gasteiger partial charge is 0.505 e. The highest BCUT2D eigenvalue weighted by atomic mass is 16.5. The summed E-state index contributed by atoms with van der Waals surface area (Å²) in [5.41, 5.74) is 1.33. The van der Waals surface area contributed by atoms with Crippen molar-refractivity contribution in [2.75, 3.05) is 0 Å². The van der Waals surface area contributed by atoms with Gasteiger partial charge in [-0.05, 0) is 6.07 Å². The molecule has 0 spiro atoms. The molecule has 5 heteroatoms. The molecule has 0 aliphatic carbocycles. The summed E-state index contributed by atoms with van der Waals surface area (Å²) in [6, 6.07) is 11.1. The van der Waals surface area contributed by atoms with E-state index in [0.717, 1.165) is 5.56 Å². The fraction of sp³-hybridized carbons (Fsp3) is 0. The summed E-state index contributed by atoms with van der Waals surface area (Å²) < 4.78 is 5.14. The van der Waals surface area contributed by atoms with E-state index in [1.807, 2.05) is 30.3 Å². The first-order valence-electron chi connectivity index (χ1n) is 5.37. The van der Waals surface area contributed by atoms with Crippen molar-refractivity contribution in [1.82, 2.24) is 15.1 Å². The van der Waals surface area contributed by atoms with Crippen LogP contribution in [0.15, 0.2) is 53.3 Å². The maximum absolute atomic E-state index is 9.65. The highest BCUT2D eigenvalue weighted by Crippen LogP contribution is 2.27. The third kappa shape index (κ3) is 1.82. The Labute approximate surface area is 103 Å². The monoisotopic (exact) mass is 239 g/mol. The second-order valence-electron chi connectivity index (χ2n) is 3.68. The average molecular weight is 239 g/mol. The smallest absolute Gasteiger partial charge is 0.262 e. The van der Waals surface area contributed by atoms with E-state index in [1.165, 1.54) is 6.20 Å². The number of rotatable bonds is 2. The maximum Gasteiger partial charge on any atom is 0.262 e. The molecule has 0 aliphatic heterocycles. The minimum atomic E-state index is 0.0146. The lowest BCUT2D eigenvalue weighted by molar-refractivity contribution is 0.425. The predicted octanol–water partition coefficient (Wildman–Crippen LogP) is 2.50. The van der Waals surface area contributed by atoms with E-state index in [0.29, 0.717) is 11.4 Å². The minimum Gasteiger partial charge on any atom is -0.505 e. The third-order valence-corrected chi connectivity index (χ3v) is 2.49. The van der Waals surface area contributed by atoms with E-state index in [9.17, 15) is 5.11 Å². The standard InChI is InChI=1S/C13H9N3O2/c17-11-8-14-7-6-10(11)13-15-12(16-18-13)9-4-2-1-3-5-9/h1-8,17H. The number of benzene rings is 1. The summed E-state index contributed by atoms with van der Waals surface area (Å²) in [5, 5.41) is 13.5. The van der Waals surface area contributed by atoms with Crippen LogP contribution in [-0.4, -0.2) is 20.2 Å². The van der Waals surface area contributed by atoms with Gasteiger partial charge in [0, 0.05) is 11.8 Å². The molecule has 0 amide bonds. The molecule has 0 bridgehead atoms. The highest BCUT2D eigenvalue weighted by Gasteiger charge is 2.13. The molecule has 3 aromatic rings. The van der Waals surface area contributed by atoms with Gasteiger partial charge in [-0.1, -0.05) is 35.5 Å². The van der Waals surface area contributed by atoms with Gasteiger partial charge in [0.25, 0.3) is 5.89 Å². The summed E-state index contributed by atoms with van der Waals surface area (Å²) in [4.78, 5) is 8.04. The highest BCUT2D eigenvalue weighted by molar-refractivity contribution is 5.63. The van der Waals surface area contributed by atoms with Crippen molar-refractivity contribution < 1.29 is 9.63 Å². The van der Waals surface area contributed by atoms with Crippen LogP contribution in [0.25, 0.3) is 22.8 Å². The third-order valence-electron chi connectivity index (χ3n) is 2.49. The van der Waals surface area contributed by atoms with Gasteiger partial charge in [-0.3, -0.25) is 4.98 Å². The van der Waals surface area contributed by atoms with Crippen molar-refractivity contribution in [2.45, 2.75) is 0 Å². The van der Waals surface area contributed by atoms with Crippen molar-refractivity contribution in [3.05, 3.63) is 48.8 Å². The minimum absolute atomic E-state index is 0.0146. The number of aromatic hydroxyl groups is 1. The van der Waals surface area contributed by atoms with Crippen LogP contribution in [0.5, 0.6) is 5.75 Å². The van der Waals surface area contributed by atoms with Gasteiger partial charge in [0.2, 0.25) is 5.82 Å². The zero-order valence-corrected chi connectivity index (χ0v) is 9.32. The van der Waals surface area contributed by atoms with E-state index in [2.05, 4.69) is 15.1 Å². The quantitative estimate of drug-likeness (QED) is 0.743. The van der Waals surface area contributed by atoms with Gasteiger partial charge < -0.3 is 9.63 Å². The first kappa shape index (κ1) is 10.5. The van der Waals surface area contributed by atoms with E-state index in [-0.39, 0.29) is 11.6 Å². The number of aromatic nitrogens is 3. The SMILES string of the molecule is Oc1cnccc1-c1nc(-c2ccccc2)no1. The molecule has 2 aromatic heterocycles. The molecule has 1 N–H and O–H groups in total. The lowest BCUT2D eigenvalue weighted by Crippen LogP contribution is -1.82. The van der Waals surface area contributed by atoms with E-state index < -0.39 is 0 Å². The Morgan fingerprint density at radius 2 is 1.89 bits per heavy atom. The zero-order chi connectivity index (χ0) is 12.4. The summed E-state index contributed by atoms with van der Waals surface area (Å²) in [5.74, 6) is 0.774. The van der Waals surface area contributed by atoms with Gasteiger partial charge in [-0.25, -0.2) is 0 Å². The van der Waals surface area contributed by atoms with Crippen LogP contribution < -0.4 is 0 Å². The normalized spacial score (nSPS) is 10.4. The van der Waals surface area contributed by atoms with E-state index >= 15 is 0 Å². The summed E-state index contributed by atoms with van der Waals surface area (Å²) in [6.07, 6.45) is 2.89. The molecule has 0 saturated carbocycles. The second kappa shape index (κ2) is 4.29. The summed E-state index contributed by atoms with van der Waals surface area (Å²) >= 11 is 0. The van der Waals surface area contributed by atoms with Crippen LogP contribution >= 0.6 is 0 Å².